The van der Waals surface area contributed by atoms with Gasteiger partial charge < -0.3 is 10.4 Å². The van der Waals surface area contributed by atoms with Crippen LogP contribution in [-0.2, 0) is 4.79 Å². The maximum absolute atomic E-state index is 12.3. The van der Waals surface area contributed by atoms with Crippen LogP contribution in [0.2, 0.25) is 0 Å². The van der Waals surface area contributed by atoms with E-state index < -0.39 is 11.4 Å². The van der Waals surface area contributed by atoms with Crippen LogP contribution in [0, 0.1) is 12.3 Å². The number of carbonyl (C=O) groups excluding carboxylic acids is 1. The number of nitrogens with one attached hydrogen (secondary N) is 1. The fourth-order valence-electron chi connectivity index (χ4n) is 2.68. The van der Waals surface area contributed by atoms with E-state index in [0.717, 1.165) is 16.5 Å². The molecular formula is C15H18BrNO3. The van der Waals surface area contributed by atoms with Crippen molar-refractivity contribution >= 4 is 27.8 Å². The van der Waals surface area contributed by atoms with Crippen molar-refractivity contribution < 1.29 is 14.7 Å². The van der Waals surface area contributed by atoms with Gasteiger partial charge in [0, 0.05) is 16.1 Å². The number of amides is 1. The highest BCUT2D eigenvalue weighted by atomic mass is 79.9. The molecule has 5 heteroatoms. The van der Waals surface area contributed by atoms with Crippen molar-refractivity contribution in [2.45, 2.75) is 39.2 Å². The van der Waals surface area contributed by atoms with Crippen molar-refractivity contribution in [3.8, 4) is 0 Å². The minimum atomic E-state index is -0.861. The average molecular weight is 340 g/mol. The Morgan fingerprint density at radius 2 is 2.15 bits per heavy atom. The summed E-state index contributed by atoms with van der Waals surface area (Å²) in [5.74, 6) is -1.05. The quantitative estimate of drug-likeness (QED) is 0.888. The standard InChI is InChI=1S/C15H18BrNO3/c1-9-8-10(5-6-11(9)16)13(18)17-12-4-3-7-15(12,2)14(19)20/h5-6,8,12H,3-4,7H2,1-2H3,(H,17,18)(H,19,20). The van der Waals surface area contributed by atoms with Crippen LogP contribution in [0.4, 0.5) is 0 Å². The summed E-state index contributed by atoms with van der Waals surface area (Å²) in [5, 5.41) is 12.2. The van der Waals surface area contributed by atoms with Crippen LogP contribution in [0.15, 0.2) is 22.7 Å². The van der Waals surface area contributed by atoms with Gasteiger partial charge in [-0.1, -0.05) is 22.4 Å². The Kier molecular flexibility index (Phi) is 4.18. The smallest absolute Gasteiger partial charge is 0.311 e. The lowest BCUT2D eigenvalue weighted by atomic mass is 9.85. The number of aryl methyl sites for hydroxylation is 1. The fraction of sp³-hybridized carbons (Fsp3) is 0.467. The number of carboxylic acids is 1. The molecule has 2 atom stereocenters. The highest BCUT2D eigenvalue weighted by molar-refractivity contribution is 9.10. The third kappa shape index (κ3) is 2.73. The summed E-state index contributed by atoms with van der Waals surface area (Å²) in [6.07, 6.45) is 2.14. The lowest BCUT2D eigenvalue weighted by molar-refractivity contribution is -0.148. The Morgan fingerprint density at radius 1 is 1.45 bits per heavy atom. The zero-order chi connectivity index (χ0) is 14.9. The van der Waals surface area contributed by atoms with Gasteiger partial charge in [-0.05, 0) is 50.5 Å². The highest BCUT2D eigenvalue weighted by Crippen LogP contribution is 2.38. The molecule has 2 unspecified atom stereocenters. The van der Waals surface area contributed by atoms with Gasteiger partial charge in [-0.25, -0.2) is 0 Å². The fourth-order valence-corrected chi connectivity index (χ4v) is 2.93. The molecule has 0 saturated heterocycles. The first-order chi connectivity index (χ1) is 9.34. The summed E-state index contributed by atoms with van der Waals surface area (Å²) in [6, 6.07) is 5.05. The Morgan fingerprint density at radius 3 is 2.75 bits per heavy atom. The Hall–Kier alpha value is -1.36. The van der Waals surface area contributed by atoms with Crippen LogP contribution in [0.3, 0.4) is 0 Å². The lowest BCUT2D eigenvalue weighted by Crippen LogP contribution is -2.47. The van der Waals surface area contributed by atoms with E-state index in [4.69, 9.17) is 0 Å². The molecule has 1 fully saturated rings. The molecule has 0 aliphatic heterocycles. The second kappa shape index (κ2) is 5.56. The van der Waals surface area contributed by atoms with Gasteiger partial charge in [-0.15, -0.1) is 0 Å². The molecule has 108 valence electrons. The first-order valence-electron chi connectivity index (χ1n) is 6.65. The van der Waals surface area contributed by atoms with E-state index in [1.807, 2.05) is 13.0 Å². The highest BCUT2D eigenvalue weighted by Gasteiger charge is 2.45. The number of carboxylic acid groups (broad SMARTS) is 1. The summed E-state index contributed by atoms with van der Waals surface area (Å²) in [7, 11) is 0. The molecule has 2 rings (SSSR count). The third-order valence-corrected chi connectivity index (χ3v) is 5.06. The molecule has 1 saturated carbocycles. The van der Waals surface area contributed by atoms with E-state index in [2.05, 4.69) is 21.2 Å². The van der Waals surface area contributed by atoms with Crippen molar-refractivity contribution in [2.24, 2.45) is 5.41 Å². The minimum Gasteiger partial charge on any atom is -0.481 e. The van der Waals surface area contributed by atoms with Crippen molar-refractivity contribution in [2.75, 3.05) is 0 Å². The number of aliphatic carboxylic acids is 1. The summed E-state index contributed by atoms with van der Waals surface area (Å²) in [4.78, 5) is 23.6. The molecule has 0 heterocycles. The number of carbonyl (C=O) groups is 2. The topological polar surface area (TPSA) is 66.4 Å². The molecule has 20 heavy (non-hydrogen) atoms. The number of halogens is 1. The van der Waals surface area contributed by atoms with Crippen molar-refractivity contribution in [3.05, 3.63) is 33.8 Å². The van der Waals surface area contributed by atoms with E-state index in [9.17, 15) is 14.7 Å². The first kappa shape index (κ1) is 15.0. The summed E-state index contributed by atoms with van der Waals surface area (Å²) in [6.45, 7) is 3.62. The molecule has 0 aromatic heterocycles. The number of benzene rings is 1. The minimum absolute atomic E-state index is 0.208. The van der Waals surface area contributed by atoms with Gasteiger partial charge in [0.1, 0.15) is 0 Å². The zero-order valence-electron chi connectivity index (χ0n) is 11.6. The van der Waals surface area contributed by atoms with E-state index in [0.29, 0.717) is 18.4 Å². The molecule has 1 aliphatic rings. The van der Waals surface area contributed by atoms with E-state index in [1.165, 1.54) is 0 Å². The van der Waals surface area contributed by atoms with Gasteiger partial charge in [0.2, 0.25) is 0 Å². The Bertz CT molecular complexity index is 558. The molecule has 0 spiro atoms. The number of rotatable bonds is 3. The van der Waals surface area contributed by atoms with E-state index in [-0.39, 0.29) is 11.9 Å². The van der Waals surface area contributed by atoms with Gasteiger partial charge in [0.15, 0.2) is 0 Å². The molecule has 0 bridgehead atoms. The second-order valence-corrected chi connectivity index (χ2v) is 6.46. The zero-order valence-corrected chi connectivity index (χ0v) is 13.2. The SMILES string of the molecule is Cc1cc(C(=O)NC2CCCC2(C)C(=O)O)ccc1Br. The molecule has 1 aliphatic carbocycles. The predicted molar refractivity (Wildman–Crippen MR) is 79.7 cm³/mol. The van der Waals surface area contributed by atoms with Crippen LogP contribution in [0.25, 0.3) is 0 Å². The maximum Gasteiger partial charge on any atom is 0.311 e. The first-order valence-corrected chi connectivity index (χ1v) is 7.44. The van der Waals surface area contributed by atoms with Crippen LogP contribution in [0.5, 0.6) is 0 Å². The largest absolute Gasteiger partial charge is 0.481 e. The monoisotopic (exact) mass is 339 g/mol. The van der Waals surface area contributed by atoms with Crippen molar-refractivity contribution in [1.82, 2.24) is 5.32 Å². The van der Waals surface area contributed by atoms with Crippen LogP contribution < -0.4 is 5.32 Å². The van der Waals surface area contributed by atoms with E-state index >= 15 is 0 Å². The molecule has 0 radical (unpaired) electrons. The second-order valence-electron chi connectivity index (χ2n) is 5.60. The van der Waals surface area contributed by atoms with Gasteiger partial charge in [0.25, 0.3) is 5.91 Å². The van der Waals surface area contributed by atoms with Gasteiger partial charge >= 0.3 is 5.97 Å². The predicted octanol–water partition coefficient (Wildman–Crippen LogP) is 3.13. The van der Waals surface area contributed by atoms with Crippen LogP contribution in [0.1, 0.15) is 42.1 Å². The normalized spacial score (nSPS) is 25.4. The molecular weight excluding hydrogens is 322 g/mol. The number of hydrogen-bond acceptors (Lipinski definition) is 2. The molecule has 1 amide bonds. The molecule has 4 nitrogen and oxygen atoms in total. The maximum atomic E-state index is 12.3. The van der Waals surface area contributed by atoms with Crippen molar-refractivity contribution in [1.29, 1.82) is 0 Å². The Balaban J connectivity index is 2.15. The summed E-state index contributed by atoms with van der Waals surface area (Å²) >= 11 is 3.39. The number of hydrogen-bond donors (Lipinski definition) is 2. The third-order valence-electron chi connectivity index (χ3n) is 4.17. The van der Waals surface area contributed by atoms with Crippen LogP contribution >= 0.6 is 15.9 Å². The van der Waals surface area contributed by atoms with Gasteiger partial charge in [-0.2, -0.15) is 0 Å². The van der Waals surface area contributed by atoms with Crippen molar-refractivity contribution in [3.63, 3.8) is 0 Å². The molecule has 1 aromatic carbocycles. The van der Waals surface area contributed by atoms with Gasteiger partial charge in [0.05, 0.1) is 5.41 Å². The summed E-state index contributed by atoms with van der Waals surface area (Å²) in [5.41, 5.74) is 0.676. The van der Waals surface area contributed by atoms with E-state index in [1.54, 1.807) is 19.1 Å². The lowest BCUT2D eigenvalue weighted by Gasteiger charge is -2.27. The average Bonchev–Trinajstić information content (AvgIpc) is 2.75. The summed E-state index contributed by atoms with van der Waals surface area (Å²) < 4.78 is 0.949. The molecule has 2 N–H and O–H groups in total. The van der Waals surface area contributed by atoms with Gasteiger partial charge in [-0.3, -0.25) is 9.59 Å². The Labute approximate surface area is 126 Å². The van der Waals surface area contributed by atoms with Crippen LogP contribution in [-0.4, -0.2) is 23.0 Å². The molecule has 1 aromatic rings.